The summed E-state index contributed by atoms with van der Waals surface area (Å²) in [4.78, 5) is 24.6. The molecule has 2 aliphatic rings. The van der Waals surface area contributed by atoms with Crippen LogP contribution in [0.1, 0.15) is 36.5 Å². The summed E-state index contributed by atoms with van der Waals surface area (Å²) >= 11 is 0. The van der Waals surface area contributed by atoms with Crippen LogP contribution in [-0.4, -0.2) is 38.7 Å². The van der Waals surface area contributed by atoms with Gasteiger partial charge in [0.15, 0.2) is 0 Å². The van der Waals surface area contributed by atoms with E-state index in [-0.39, 0.29) is 41.8 Å². The van der Waals surface area contributed by atoms with Crippen molar-refractivity contribution in [1.82, 2.24) is 4.72 Å². The maximum atomic E-state index is 13.6. The van der Waals surface area contributed by atoms with Gasteiger partial charge >= 0.3 is 0 Å². The lowest BCUT2D eigenvalue weighted by molar-refractivity contribution is -0.117. The molecule has 1 saturated carbocycles. The minimum absolute atomic E-state index is 0.0928. The number of benzene rings is 1. The Hall–Kier alpha value is -2.00. The molecule has 1 aliphatic heterocycles. The number of hydrogen-bond acceptors (Lipinski definition) is 5. The van der Waals surface area contributed by atoms with Crippen molar-refractivity contribution in [2.24, 2.45) is 11.8 Å². The van der Waals surface area contributed by atoms with Crippen LogP contribution in [0.25, 0.3) is 0 Å². The van der Waals surface area contributed by atoms with Crippen LogP contribution in [-0.2, 0) is 19.6 Å². The van der Waals surface area contributed by atoms with Gasteiger partial charge in [0.25, 0.3) is 5.91 Å². The fourth-order valence-corrected chi connectivity index (χ4v) is 4.33. The quantitative estimate of drug-likeness (QED) is 0.804. The molecule has 2 amide bonds. The highest BCUT2D eigenvalue weighted by molar-refractivity contribution is 7.90. The van der Waals surface area contributed by atoms with Crippen LogP contribution in [0.2, 0.25) is 0 Å². The van der Waals surface area contributed by atoms with Gasteiger partial charge in [0, 0.05) is 19.1 Å². The zero-order valence-electron chi connectivity index (χ0n) is 14.3. The molecule has 1 heterocycles. The molecule has 1 aromatic carbocycles. The van der Waals surface area contributed by atoms with Crippen LogP contribution >= 0.6 is 0 Å². The number of anilines is 1. The van der Waals surface area contributed by atoms with Gasteiger partial charge in [-0.2, -0.15) is 0 Å². The van der Waals surface area contributed by atoms with Crippen molar-refractivity contribution in [3.8, 4) is 0 Å². The lowest BCUT2D eigenvalue weighted by Crippen LogP contribution is -2.41. The van der Waals surface area contributed by atoms with Gasteiger partial charge in [-0.3, -0.25) is 9.59 Å². The first kappa shape index (κ1) is 18.8. The van der Waals surface area contributed by atoms with Gasteiger partial charge in [0.05, 0.1) is 16.5 Å². The second-order valence-electron chi connectivity index (χ2n) is 6.79. The van der Waals surface area contributed by atoms with Crippen LogP contribution in [0.15, 0.2) is 18.2 Å². The largest absolute Gasteiger partial charge is 0.381 e. The van der Waals surface area contributed by atoms with E-state index in [4.69, 9.17) is 4.74 Å². The van der Waals surface area contributed by atoms with Gasteiger partial charge in [-0.05, 0) is 43.4 Å². The van der Waals surface area contributed by atoms with Crippen molar-refractivity contribution in [1.29, 1.82) is 0 Å². The topological polar surface area (TPSA) is 102 Å². The van der Waals surface area contributed by atoms with Crippen LogP contribution < -0.4 is 10.0 Å². The summed E-state index contributed by atoms with van der Waals surface area (Å²) in [5, 5.41) is 1.86. The molecule has 2 fully saturated rings. The molecule has 1 aromatic rings. The highest BCUT2D eigenvalue weighted by Gasteiger charge is 2.39. The minimum atomic E-state index is -3.92. The Kier molecular flexibility index (Phi) is 5.29. The first-order chi connectivity index (χ1) is 12.3. The number of carbonyl (C=O) groups is 2. The zero-order chi connectivity index (χ0) is 18.9. The van der Waals surface area contributed by atoms with E-state index in [0.717, 1.165) is 18.6 Å². The fourth-order valence-electron chi connectivity index (χ4n) is 2.98. The zero-order valence-corrected chi connectivity index (χ0v) is 15.1. The van der Waals surface area contributed by atoms with E-state index in [1.54, 1.807) is 0 Å². The van der Waals surface area contributed by atoms with Crippen molar-refractivity contribution in [3.63, 3.8) is 0 Å². The fraction of sp³-hybridized carbons (Fsp3) is 0.529. The minimum Gasteiger partial charge on any atom is -0.381 e. The predicted molar refractivity (Wildman–Crippen MR) is 92.5 cm³/mol. The monoisotopic (exact) mass is 384 g/mol. The number of carbonyl (C=O) groups excluding carboxylic acids is 2. The summed E-state index contributed by atoms with van der Waals surface area (Å²) in [6.07, 6.45) is 1.33. The van der Waals surface area contributed by atoms with Gasteiger partial charge in [0.2, 0.25) is 15.9 Å². The van der Waals surface area contributed by atoms with Gasteiger partial charge < -0.3 is 10.1 Å². The highest BCUT2D eigenvalue weighted by atomic mass is 32.2. The van der Waals surface area contributed by atoms with Crippen LogP contribution in [0.3, 0.4) is 0 Å². The molecule has 7 nitrogen and oxygen atoms in total. The first-order valence-corrected chi connectivity index (χ1v) is 10.1. The van der Waals surface area contributed by atoms with Crippen LogP contribution in [0, 0.1) is 17.7 Å². The second kappa shape index (κ2) is 7.32. The van der Waals surface area contributed by atoms with Crippen molar-refractivity contribution in [2.75, 3.05) is 18.5 Å². The molecule has 2 N–H and O–H groups in total. The normalized spacial score (nSPS) is 23.3. The van der Waals surface area contributed by atoms with Gasteiger partial charge in [-0.1, -0.05) is 6.92 Å². The Bertz CT molecular complexity index is 820. The number of ether oxygens (including phenoxy) is 1. The Morgan fingerprint density at radius 3 is 2.50 bits per heavy atom. The molecule has 0 radical (unpaired) electrons. The van der Waals surface area contributed by atoms with E-state index < -0.39 is 27.0 Å². The lowest BCUT2D eigenvalue weighted by Gasteiger charge is -2.22. The van der Waals surface area contributed by atoms with E-state index in [2.05, 4.69) is 5.32 Å². The third-order valence-electron chi connectivity index (χ3n) is 4.77. The van der Waals surface area contributed by atoms with Crippen LogP contribution in [0.4, 0.5) is 10.1 Å². The third-order valence-corrected chi connectivity index (χ3v) is 6.59. The predicted octanol–water partition coefficient (Wildman–Crippen LogP) is 1.66. The van der Waals surface area contributed by atoms with Crippen molar-refractivity contribution >= 4 is 27.5 Å². The van der Waals surface area contributed by atoms with E-state index in [0.29, 0.717) is 13.2 Å². The maximum Gasteiger partial charge on any atom is 0.266 e. The summed E-state index contributed by atoms with van der Waals surface area (Å²) in [5.74, 6) is -1.79. The molecule has 26 heavy (non-hydrogen) atoms. The maximum absolute atomic E-state index is 13.6. The molecule has 1 saturated heterocycles. The number of rotatable bonds is 5. The average Bonchev–Trinajstić information content (AvgIpc) is 3.34. The van der Waals surface area contributed by atoms with Crippen molar-refractivity contribution in [3.05, 3.63) is 29.6 Å². The number of nitrogens with one attached hydrogen (secondary N) is 2. The molecule has 2 atom stereocenters. The van der Waals surface area contributed by atoms with Crippen LogP contribution in [0.5, 0.6) is 0 Å². The number of amides is 2. The Labute approximate surface area is 151 Å². The average molecular weight is 384 g/mol. The van der Waals surface area contributed by atoms with Crippen molar-refractivity contribution in [2.45, 2.75) is 31.4 Å². The summed E-state index contributed by atoms with van der Waals surface area (Å²) in [6, 6.07) is 3.28. The number of hydrogen-bond donors (Lipinski definition) is 2. The molecule has 0 bridgehead atoms. The Morgan fingerprint density at radius 2 is 1.88 bits per heavy atom. The summed E-state index contributed by atoms with van der Waals surface area (Å²) < 4.78 is 45.5. The second-order valence-corrected chi connectivity index (χ2v) is 8.75. The molecule has 0 aromatic heterocycles. The molecule has 0 spiro atoms. The molecular weight excluding hydrogens is 363 g/mol. The first-order valence-electron chi connectivity index (χ1n) is 8.52. The van der Waals surface area contributed by atoms with Gasteiger partial charge in [-0.25, -0.2) is 17.5 Å². The van der Waals surface area contributed by atoms with Crippen molar-refractivity contribution < 1.29 is 27.1 Å². The summed E-state index contributed by atoms with van der Waals surface area (Å²) in [5.41, 5.74) is -0.127. The van der Waals surface area contributed by atoms with E-state index in [1.807, 2.05) is 11.6 Å². The van der Waals surface area contributed by atoms with E-state index >= 15 is 0 Å². The number of halogens is 1. The molecule has 2 unspecified atom stereocenters. The standard InChI is InChI=1S/C17H21FN2O5S/c1-10-8-13(10)16(21)19-15-3-2-11(18)9-14(15)17(22)20-26(23,24)12-4-6-25-7-5-12/h2-3,9-10,12-13H,4-8H2,1H3,(H,19,21)(H,20,22). The number of sulfonamides is 1. The SMILES string of the molecule is CC1CC1C(=O)Nc1ccc(F)cc1C(=O)NS(=O)(=O)C1CCOCC1. The molecule has 1 aliphatic carbocycles. The van der Waals surface area contributed by atoms with E-state index in [1.165, 1.54) is 6.07 Å². The molecule has 3 rings (SSSR count). The van der Waals surface area contributed by atoms with Gasteiger partial charge in [0.1, 0.15) is 5.82 Å². The third kappa shape index (κ3) is 4.21. The highest BCUT2D eigenvalue weighted by Crippen LogP contribution is 2.38. The van der Waals surface area contributed by atoms with E-state index in [9.17, 15) is 22.4 Å². The lowest BCUT2D eigenvalue weighted by atomic mass is 10.1. The smallest absolute Gasteiger partial charge is 0.266 e. The molecule has 142 valence electrons. The molecule has 9 heteroatoms. The Morgan fingerprint density at radius 1 is 1.23 bits per heavy atom. The molecular formula is C17H21FN2O5S. The van der Waals surface area contributed by atoms with Gasteiger partial charge in [-0.15, -0.1) is 0 Å². The summed E-state index contributed by atoms with van der Waals surface area (Å²) in [7, 11) is -3.92. The summed E-state index contributed by atoms with van der Waals surface area (Å²) in [6.45, 7) is 2.55. The Balaban J connectivity index is 1.77.